The number of carbonyl (C=O) groups excluding carboxylic acids is 2. The number of hydrogen-bond acceptors (Lipinski definition) is 6. The molecule has 4 rings (SSSR count). The zero-order chi connectivity index (χ0) is 21.6. The highest BCUT2D eigenvalue weighted by Crippen LogP contribution is 2.41. The second-order valence-corrected chi connectivity index (χ2v) is 8.33. The van der Waals surface area contributed by atoms with Gasteiger partial charge >= 0.3 is 0 Å². The molecule has 2 amide bonds. The standard InChI is InChI=1S/C23H22N4O3S/c24-16-19(21(28)25-26-11-13-30-14-12-26)23-27(18-9-5-2-6-10-18)22(29)20(31-23)15-17-7-3-1-4-8-17/h1-10,20H,11-15H2,(H,25,28). The van der Waals surface area contributed by atoms with Crippen LogP contribution in [0.15, 0.2) is 71.3 Å². The van der Waals surface area contributed by atoms with Crippen LogP contribution < -0.4 is 10.3 Å². The molecule has 2 fully saturated rings. The number of amides is 2. The molecule has 0 bridgehead atoms. The maximum absolute atomic E-state index is 13.4. The van der Waals surface area contributed by atoms with E-state index in [1.54, 1.807) is 17.1 Å². The molecule has 0 spiro atoms. The van der Waals surface area contributed by atoms with Crippen LogP contribution in [0.2, 0.25) is 0 Å². The lowest BCUT2D eigenvalue weighted by Gasteiger charge is -2.27. The minimum absolute atomic E-state index is 0.0655. The number of benzene rings is 2. The Hall–Kier alpha value is -3.12. The predicted molar refractivity (Wildman–Crippen MR) is 119 cm³/mol. The van der Waals surface area contributed by atoms with E-state index in [-0.39, 0.29) is 11.5 Å². The van der Waals surface area contributed by atoms with E-state index in [1.807, 2.05) is 54.6 Å². The smallest absolute Gasteiger partial charge is 0.278 e. The zero-order valence-corrected chi connectivity index (χ0v) is 17.7. The lowest BCUT2D eigenvalue weighted by atomic mass is 10.1. The Morgan fingerprint density at radius 2 is 1.74 bits per heavy atom. The molecular formula is C23H22N4O3S. The summed E-state index contributed by atoms with van der Waals surface area (Å²) < 4.78 is 5.30. The van der Waals surface area contributed by atoms with E-state index in [2.05, 4.69) is 5.43 Å². The van der Waals surface area contributed by atoms with Gasteiger partial charge in [0.2, 0.25) is 5.91 Å². The van der Waals surface area contributed by atoms with Gasteiger partial charge in [0.25, 0.3) is 5.91 Å². The Kier molecular flexibility index (Phi) is 6.67. The number of thioether (sulfide) groups is 1. The van der Waals surface area contributed by atoms with Crippen molar-refractivity contribution in [3.05, 3.63) is 76.8 Å². The van der Waals surface area contributed by atoms with Gasteiger partial charge in [-0.15, -0.1) is 0 Å². The fourth-order valence-electron chi connectivity index (χ4n) is 3.50. The summed E-state index contributed by atoms with van der Waals surface area (Å²) in [4.78, 5) is 27.8. The van der Waals surface area contributed by atoms with Crippen LogP contribution in [0.4, 0.5) is 5.69 Å². The molecule has 1 N–H and O–H groups in total. The van der Waals surface area contributed by atoms with E-state index in [1.165, 1.54) is 16.7 Å². The number of anilines is 1. The van der Waals surface area contributed by atoms with Gasteiger partial charge in [-0.2, -0.15) is 5.26 Å². The fraction of sp³-hybridized carbons (Fsp3) is 0.261. The number of rotatable bonds is 5. The van der Waals surface area contributed by atoms with E-state index in [0.29, 0.717) is 43.4 Å². The Morgan fingerprint density at radius 1 is 1.10 bits per heavy atom. The maximum Gasteiger partial charge on any atom is 0.278 e. The van der Waals surface area contributed by atoms with Gasteiger partial charge in [0.1, 0.15) is 16.7 Å². The Labute approximate surface area is 185 Å². The van der Waals surface area contributed by atoms with Gasteiger partial charge in [-0.3, -0.25) is 19.9 Å². The highest BCUT2D eigenvalue weighted by atomic mass is 32.2. The van der Waals surface area contributed by atoms with Crippen LogP contribution in [0, 0.1) is 11.3 Å². The zero-order valence-electron chi connectivity index (χ0n) is 16.9. The first-order chi connectivity index (χ1) is 15.2. The molecule has 2 aromatic rings. The second-order valence-electron chi connectivity index (χ2n) is 7.14. The molecule has 31 heavy (non-hydrogen) atoms. The molecule has 1 unspecified atom stereocenters. The predicted octanol–water partition coefficient (Wildman–Crippen LogP) is 2.48. The van der Waals surface area contributed by atoms with Crippen LogP contribution in [-0.4, -0.2) is 48.4 Å². The third kappa shape index (κ3) is 4.80. The van der Waals surface area contributed by atoms with Crippen molar-refractivity contribution in [2.75, 3.05) is 31.2 Å². The molecule has 0 radical (unpaired) electrons. The summed E-state index contributed by atoms with van der Waals surface area (Å²) in [6.45, 7) is 2.12. The van der Waals surface area contributed by atoms with Gasteiger partial charge in [-0.25, -0.2) is 5.01 Å². The van der Waals surface area contributed by atoms with Crippen LogP contribution in [0.5, 0.6) is 0 Å². The van der Waals surface area contributed by atoms with E-state index in [9.17, 15) is 14.9 Å². The first kappa shape index (κ1) is 21.1. The van der Waals surface area contributed by atoms with Gasteiger partial charge in [-0.1, -0.05) is 60.3 Å². The highest BCUT2D eigenvalue weighted by molar-refractivity contribution is 8.05. The van der Waals surface area contributed by atoms with Crippen molar-refractivity contribution in [1.82, 2.24) is 10.4 Å². The number of nitriles is 1. The number of ether oxygens (including phenoxy) is 1. The van der Waals surface area contributed by atoms with E-state index < -0.39 is 11.2 Å². The number of nitrogens with one attached hydrogen (secondary N) is 1. The Bertz CT molecular complexity index is 1010. The van der Waals surface area contributed by atoms with E-state index in [0.717, 1.165) is 5.56 Å². The summed E-state index contributed by atoms with van der Waals surface area (Å²) in [5.74, 6) is -0.650. The van der Waals surface area contributed by atoms with Crippen LogP contribution in [-0.2, 0) is 20.7 Å². The lowest BCUT2D eigenvalue weighted by molar-refractivity contribution is -0.123. The Balaban J connectivity index is 1.66. The molecule has 158 valence electrons. The molecule has 0 aliphatic carbocycles. The van der Waals surface area contributed by atoms with Crippen molar-refractivity contribution in [3.8, 4) is 6.07 Å². The molecule has 1 atom stereocenters. The molecular weight excluding hydrogens is 412 g/mol. The van der Waals surface area contributed by atoms with Gasteiger partial charge in [0.15, 0.2) is 0 Å². The van der Waals surface area contributed by atoms with Gasteiger partial charge < -0.3 is 4.74 Å². The largest absolute Gasteiger partial charge is 0.379 e. The van der Waals surface area contributed by atoms with Gasteiger partial charge in [0, 0.05) is 18.8 Å². The lowest BCUT2D eigenvalue weighted by Crippen LogP contribution is -2.49. The number of hydrazine groups is 1. The third-order valence-corrected chi connectivity index (χ3v) is 6.32. The van der Waals surface area contributed by atoms with Crippen molar-refractivity contribution in [2.24, 2.45) is 0 Å². The monoisotopic (exact) mass is 434 g/mol. The SMILES string of the molecule is N#CC(C(=O)NN1CCOCC1)=C1SC(Cc2ccccc2)C(=O)N1c1ccccc1. The molecule has 2 aromatic carbocycles. The van der Waals surface area contributed by atoms with Crippen LogP contribution >= 0.6 is 11.8 Å². The van der Waals surface area contributed by atoms with E-state index in [4.69, 9.17) is 4.74 Å². The third-order valence-electron chi connectivity index (χ3n) is 5.05. The highest BCUT2D eigenvalue weighted by Gasteiger charge is 2.40. The van der Waals surface area contributed by atoms with Crippen molar-refractivity contribution in [1.29, 1.82) is 5.26 Å². The summed E-state index contributed by atoms with van der Waals surface area (Å²) >= 11 is 1.27. The topological polar surface area (TPSA) is 85.7 Å². The molecule has 0 aromatic heterocycles. The van der Waals surface area contributed by atoms with Crippen LogP contribution in [0.25, 0.3) is 0 Å². The normalized spacial score (nSPS) is 20.9. The summed E-state index contributed by atoms with van der Waals surface area (Å²) in [5, 5.41) is 11.5. The number of hydrogen-bond donors (Lipinski definition) is 1. The van der Waals surface area contributed by atoms with Gasteiger partial charge in [-0.05, 0) is 24.1 Å². The average molecular weight is 435 g/mol. The molecule has 7 nitrogen and oxygen atoms in total. The molecule has 2 saturated heterocycles. The number of nitrogens with zero attached hydrogens (tertiary/aromatic N) is 3. The molecule has 8 heteroatoms. The summed E-state index contributed by atoms with van der Waals surface area (Å²) in [7, 11) is 0. The molecule has 2 aliphatic rings. The number of carbonyl (C=O) groups is 2. The minimum atomic E-state index is -0.513. The van der Waals surface area contributed by atoms with Crippen LogP contribution in [0.1, 0.15) is 5.56 Å². The van der Waals surface area contributed by atoms with Crippen molar-refractivity contribution in [2.45, 2.75) is 11.7 Å². The summed E-state index contributed by atoms with van der Waals surface area (Å²) in [5.41, 5.74) is 4.38. The average Bonchev–Trinajstić information content (AvgIpc) is 3.11. The first-order valence-electron chi connectivity index (χ1n) is 10.0. The van der Waals surface area contributed by atoms with Gasteiger partial charge in [0.05, 0.1) is 18.5 Å². The van der Waals surface area contributed by atoms with Crippen molar-refractivity contribution < 1.29 is 14.3 Å². The molecule has 2 heterocycles. The van der Waals surface area contributed by atoms with Crippen molar-refractivity contribution in [3.63, 3.8) is 0 Å². The maximum atomic E-state index is 13.4. The number of morpholine rings is 1. The molecule has 2 aliphatic heterocycles. The van der Waals surface area contributed by atoms with E-state index >= 15 is 0 Å². The Morgan fingerprint density at radius 3 is 2.39 bits per heavy atom. The fourth-order valence-corrected chi connectivity index (χ4v) is 4.81. The first-order valence-corrected chi connectivity index (χ1v) is 10.9. The second kappa shape index (κ2) is 9.79. The minimum Gasteiger partial charge on any atom is -0.379 e. The summed E-state index contributed by atoms with van der Waals surface area (Å²) in [6, 6.07) is 20.9. The van der Waals surface area contributed by atoms with Crippen molar-refractivity contribution >= 4 is 29.3 Å². The van der Waals surface area contributed by atoms with Crippen LogP contribution in [0.3, 0.4) is 0 Å². The number of para-hydroxylation sites is 1. The summed E-state index contributed by atoms with van der Waals surface area (Å²) in [6.07, 6.45) is 0.515. The quantitative estimate of drug-likeness (QED) is 0.575. The molecule has 0 saturated carbocycles.